The van der Waals surface area contributed by atoms with Crippen LogP contribution in [0.3, 0.4) is 0 Å². The van der Waals surface area contributed by atoms with Crippen molar-refractivity contribution in [2.24, 2.45) is 0 Å². The summed E-state index contributed by atoms with van der Waals surface area (Å²) in [4.78, 5) is 5.15. The van der Waals surface area contributed by atoms with Crippen molar-refractivity contribution in [2.45, 2.75) is 38.5 Å². The molecule has 292 valence electrons. The van der Waals surface area contributed by atoms with Crippen LogP contribution in [0, 0.1) is 0 Å². The predicted molar refractivity (Wildman–Crippen MR) is 261 cm³/mol. The Balaban J connectivity index is 1.18. The Morgan fingerprint density at radius 3 is 1.97 bits per heavy atom. The molecule has 10 aromatic rings. The fourth-order valence-electron chi connectivity index (χ4n) is 10.6. The first-order valence-electron chi connectivity index (χ1n) is 21.4. The number of benzene rings is 9. The maximum Gasteiger partial charge on any atom is 0.0781 e. The lowest BCUT2D eigenvalue weighted by Crippen LogP contribution is -2.31. The summed E-state index contributed by atoms with van der Waals surface area (Å²) in [7, 11) is 0. The fraction of sp³-hybridized carbons (Fsp3) is 0.103. The van der Waals surface area contributed by atoms with Gasteiger partial charge in [0.2, 0.25) is 0 Å². The topological polar surface area (TPSA) is 6.48 Å². The second-order valence-electron chi connectivity index (χ2n) is 17.7. The minimum atomic E-state index is -0.249. The van der Waals surface area contributed by atoms with Gasteiger partial charge in [0, 0.05) is 37.4 Å². The molecule has 9 aromatic carbocycles. The highest BCUT2D eigenvalue weighted by Crippen LogP contribution is 2.58. The molecule has 1 aromatic heterocycles. The Morgan fingerprint density at radius 1 is 0.426 bits per heavy atom. The molecular weight excluding hydrogens is 757 g/mol. The van der Waals surface area contributed by atoms with E-state index in [9.17, 15) is 0 Å². The molecule has 1 aliphatic carbocycles. The normalized spacial score (nSPS) is 14.5. The van der Waals surface area contributed by atoms with E-state index in [1.165, 1.54) is 92.5 Å². The summed E-state index contributed by atoms with van der Waals surface area (Å²) >= 11 is 1.89. The first kappa shape index (κ1) is 36.0. The molecular formula is C58H44N2S. The van der Waals surface area contributed by atoms with E-state index in [0.29, 0.717) is 0 Å². The highest BCUT2D eigenvalue weighted by atomic mass is 32.1. The lowest BCUT2D eigenvalue weighted by atomic mass is 9.72. The van der Waals surface area contributed by atoms with E-state index in [1.807, 2.05) is 11.3 Å². The number of nitrogens with zero attached hydrogens (tertiary/aromatic N) is 2. The van der Waals surface area contributed by atoms with Crippen LogP contribution in [0.4, 0.5) is 34.1 Å². The molecule has 0 amide bonds. The molecule has 0 bridgehead atoms. The molecule has 0 saturated heterocycles. The van der Waals surface area contributed by atoms with Crippen molar-refractivity contribution in [1.29, 1.82) is 0 Å². The third-order valence-corrected chi connectivity index (χ3v) is 14.8. The maximum absolute atomic E-state index is 2.58. The van der Waals surface area contributed by atoms with Crippen molar-refractivity contribution in [3.05, 3.63) is 216 Å². The van der Waals surface area contributed by atoms with Gasteiger partial charge in [-0.2, -0.15) is 0 Å². The molecule has 3 heteroatoms. The third kappa shape index (κ3) is 5.27. The van der Waals surface area contributed by atoms with E-state index in [-0.39, 0.29) is 10.8 Å². The van der Waals surface area contributed by atoms with Crippen molar-refractivity contribution >= 4 is 76.4 Å². The van der Waals surface area contributed by atoms with E-state index in [4.69, 9.17) is 0 Å². The molecule has 0 radical (unpaired) electrons. The van der Waals surface area contributed by atoms with E-state index in [2.05, 4.69) is 232 Å². The summed E-state index contributed by atoms with van der Waals surface area (Å²) in [5.74, 6) is 0. The summed E-state index contributed by atoms with van der Waals surface area (Å²) in [5, 5.41) is 4.98. The lowest BCUT2D eigenvalue weighted by molar-refractivity contribution is 0.632. The van der Waals surface area contributed by atoms with Gasteiger partial charge in [0.1, 0.15) is 0 Å². The van der Waals surface area contributed by atoms with Crippen molar-refractivity contribution in [3.8, 4) is 22.3 Å². The SMILES string of the molecule is CC1(C)c2ccccc2-c2ccc(N(c3ccc4ccccc4c3N3c4ccccc4C(C)(C)c4cc(-c5ccccc5)ccc43)c3cccc4c3sc3ccccc34)cc21. The van der Waals surface area contributed by atoms with Crippen molar-refractivity contribution < 1.29 is 0 Å². The summed E-state index contributed by atoms with van der Waals surface area (Å²) in [5.41, 5.74) is 17.1. The quantitative estimate of drug-likeness (QED) is 0.171. The molecule has 61 heavy (non-hydrogen) atoms. The zero-order valence-electron chi connectivity index (χ0n) is 34.8. The molecule has 0 spiro atoms. The van der Waals surface area contributed by atoms with Gasteiger partial charge in [-0.05, 0) is 98.4 Å². The molecule has 12 rings (SSSR count). The van der Waals surface area contributed by atoms with Crippen LogP contribution in [-0.2, 0) is 10.8 Å². The Morgan fingerprint density at radius 2 is 1.10 bits per heavy atom. The average molecular weight is 801 g/mol. The minimum Gasteiger partial charge on any atom is -0.307 e. The number of thiophene rings is 1. The molecule has 2 aliphatic rings. The number of para-hydroxylation sites is 1. The van der Waals surface area contributed by atoms with Gasteiger partial charge in [0.25, 0.3) is 0 Å². The first-order chi connectivity index (χ1) is 29.8. The van der Waals surface area contributed by atoms with E-state index in [0.717, 1.165) is 17.1 Å². The standard InChI is InChI=1S/C58H44N2S/c1-57(2)46-24-12-10-21-42(46)43-32-31-40(36-48(43)57)59(53-27-16-23-45-44-22-11-15-28-54(44)61-56(45)53)52-34-29-38-19-8-9-20-41(38)55(52)60-50-26-14-13-25-47(50)58(3,4)49-35-39(30-33-51(49)60)37-17-6-5-7-18-37/h5-36H,1-4H3. The zero-order chi connectivity index (χ0) is 41.0. The second kappa shape index (κ2) is 13.3. The highest BCUT2D eigenvalue weighted by molar-refractivity contribution is 7.26. The summed E-state index contributed by atoms with van der Waals surface area (Å²) in [6, 6.07) is 72.5. The average Bonchev–Trinajstić information content (AvgIpc) is 3.79. The van der Waals surface area contributed by atoms with Crippen LogP contribution in [0.25, 0.3) is 53.2 Å². The number of anilines is 6. The van der Waals surface area contributed by atoms with Crippen LogP contribution in [-0.4, -0.2) is 0 Å². The van der Waals surface area contributed by atoms with Gasteiger partial charge in [-0.1, -0.05) is 173 Å². The number of hydrogen-bond acceptors (Lipinski definition) is 3. The van der Waals surface area contributed by atoms with Gasteiger partial charge in [-0.15, -0.1) is 11.3 Å². The Bertz CT molecular complexity index is 3390. The van der Waals surface area contributed by atoms with Crippen LogP contribution in [0.2, 0.25) is 0 Å². The number of fused-ring (bicyclic) bond motifs is 9. The predicted octanol–water partition coefficient (Wildman–Crippen LogP) is 16.8. The van der Waals surface area contributed by atoms with Gasteiger partial charge >= 0.3 is 0 Å². The largest absolute Gasteiger partial charge is 0.307 e. The van der Waals surface area contributed by atoms with Crippen LogP contribution < -0.4 is 9.80 Å². The van der Waals surface area contributed by atoms with Crippen LogP contribution >= 0.6 is 11.3 Å². The molecule has 1 aliphatic heterocycles. The first-order valence-corrected chi connectivity index (χ1v) is 22.2. The molecule has 0 N–H and O–H groups in total. The molecule has 2 nitrogen and oxygen atoms in total. The third-order valence-electron chi connectivity index (χ3n) is 13.6. The van der Waals surface area contributed by atoms with Crippen molar-refractivity contribution in [3.63, 3.8) is 0 Å². The zero-order valence-corrected chi connectivity index (χ0v) is 35.6. The van der Waals surface area contributed by atoms with Crippen molar-refractivity contribution in [1.82, 2.24) is 0 Å². The van der Waals surface area contributed by atoms with E-state index >= 15 is 0 Å². The number of rotatable bonds is 5. The van der Waals surface area contributed by atoms with Gasteiger partial charge in [0.15, 0.2) is 0 Å². The fourth-order valence-corrected chi connectivity index (χ4v) is 11.8. The van der Waals surface area contributed by atoms with Gasteiger partial charge in [0.05, 0.1) is 33.1 Å². The molecule has 0 atom stereocenters. The molecule has 0 saturated carbocycles. The van der Waals surface area contributed by atoms with Gasteiger partial charge in [-0.3, -0.25) is 0 Å². The monoisotopic (exact) mass is 800 g/mol. The number of hydrogen-bond donors (Lipinski definition) is 0. The van der Waals surface area contributed by atoms with E-state index < -0.39 is 0 Å². The minimum absolute atomic E-state index is 0.157. The summed E-state index contributed by atoms with van der Waals surface area (Å²) in [6.07, 6.45) is 0. The van der Waals surface area contributed by atoms with Gasteiger partial charge < -0.3 is 9.80 Å². The van der Waals surface area contributed by atoms with Crippen LogP contribution in [0.15, 0.2) is 194 Å². The summed E-state index contributed by atoms with van der Waals surface area (Å²) < 4.78 is 2.57. The highest BCUT2D eigenvalue weighted by Gasteiger charge is 2.40. The maximum atomic E-state index is 2.58. The van der Waals surface area contributed by atoms with Crippen molar-refractivity contribution in [2.75, 3.05) is 9.80 Å². The molecule has 2 heterocycles. The van der Waals surface area contributed by atoms with Crippen LogP contribution in [0.1, 0.15) is 49.9 Å². The van der Waals surface area contributed by atoms with Crippen LogP contribution in [0.5, 0.6) is 0 Å². The lowest BCUT2D eigenvalue weighted by Gasteiger charge is -2.44. The van der Waals surface area contributed by atoms with E-state index in [1.54, 1.807) is 0 Å². The summed E-state index contributed by atoms with van der Waals surface area (Å²) in [6.45, 7) is 9.54. The molecule has 0 fully saturated rings. The van der Waals surface area contributed by atoms with Gasteiger partial charge in [-0.25, -0.2) is 0 Å². The smallest absolute Gasteiger partial charge is 0.0781 e. The molecule has 0 unspecified atom stereocenters. The Hall–Kier alpha value is -6.94. The second-order valence-corrected chi connectivity index (χ2v) is 18.8. The Labute approximate surface area is 361 Å². The Kier molecular flexibility index (Phi) is 7.83.